The van der Waals surface area contributed by atoms with Crippen LogP contribution in [0.3, 0.4) is 0 Å². The van der Waals surface area contributed by atoms with Crippen LogP contribution in [-0.2, 0) is 9.53 Å². The molecule has 0 aliphatic rings. The van der Waals surface area contributed by atoms with Crippen LogP contribution in [0, 0.1) is 17.5 Å². The number of carbonyl (C=O) groups excluding carboxylic acids is 1. The van der Waals surface area contributed by atoms with E-state index in [-0.39, 0.29) is 12.2 Å². The topological polar surface area (TPSA) is 26.3 Å². The van der Waals surface area contributed by atoms with Crippen LogP contribution in [0.5, 0.6) is 0 Å². The first-order valence-electron chi connectivity index (χ1n) is 4.54. The minimum Gasteiger partial charge on any atom is -0.463 e. The Hall–Kier alpha value is -1.78. The molecule has 0 aliphatic heterocycles. The van der Waals surface area contributed by atoms with E-state index in [1.165, 1.54) is 0 Å². The van der Waals surface area contributed by atoms with Gasteiger partial charge in [-0.25, -0.2) is 18.0 Å². The first-order valence-corrected chi connectivity index (χ1v) is 4.54. The van der Waals surface area contributed by atoms with Gasteiger partial charge in [0.15, 0.2) is 17.5 Å². The third-order valence-corrected chi connectivity index (χ3v) is 1.70. The molecule has 0 N–H and O–H groups in total. The number of benzene rings is 1. The van der Waals surface area contributed by atoms with Crippen molar-refractivity contribution < 1.29 is 22.7 Å². The normalized spacial score (nSPS) is 10.8. The molecule has 1 aromatic rings. The van der Waals surface area contributed by atoms with Crippen molar-refractivity contribution in [3.8, 4) is 0 Å². The fraction of sp³-hybridized carbons (Fsp3) is 0.182. The van der Waals surface area contributed by atoms with Crippen LogP contribution >= 0.6 is 0 Å². The standard InChI is InChI=1S/C11H9F3O2/c1-2-16-10(15)4-3-7-5-8(12)11(14)9(13)6-7/h3-6H,2H2,1H3. The fourth-order valence-corrected chi connectivity index (χ4v) is 1.03. The van der Waals surface area contributed by atoms with E-state index >= 15 is 0 Å². The van der Waals surface area contributed by atoms with E-state index in [1.54, 1.807) is 6.92 Å². The summed E-state index contributed by atoms with van der Waals surface area (Å²) in [7, 11) is 0. The van der Waals surface area contributed by atoms with Crippen LogP contribution in [0.4, 0.5) is 13.2 Å². The summed E-state index contributed by atoms with van der Waals surface area (Å²) in [4.78, 5) is 10.9. The van der Waals surface area contributed by atoms with Crippen LogP contribution < -0.4 is 0 Å². The van der Waals surface area contributed by atoms with Crippen molar-refractivity contribution in [1.29, 1.82) is 0 Å². The van der Waals surface area contributed by atoms with Crippen LogP contribution in [0.1, 0.15) is 12.5 Å². The van der Waals surface area contributed by atoms with Gasteiger partial charge in [-0.3, -0.25) is 0 Å². The molecule has 0 heterocycles. The van der Waals surface area contributed by atoms with Crippen molar-refractivity contribution in [3.05, 3.63) is 41.2 Å². The highest BCUT2D eigenvalue weighted by molar-refractivity contribution is 5.86. The highest BCUT2D eigenvalue weighted by Gasteiger charge is 2.09. The SMILES string of the molecule is CCOC(=O)C=Cc1cc(F)c(F)c(F)c1. The Morgan fingerprint density at radius 1 is 1.31 bits per heavy atom. The van der Waals surface area contributed by atoms with Crippen molar-refractivity contribution in [2.75, 3.05) is 6.61 Å². The molecule has 0 fully saturated rings. The maximum Gasteiger partial charge on any atom is 0.330 e. The quantitative estimate of drug-likeness (QED) is 0.453. The van der Waals surface area contributed by atoms with Gasteiger partial charge in [0.2, 0.25) is 0 Å². The third-order valence-electron chi connectivity index (χ3n) is 1.70. The second kappa shape index (κ2) is 5.34. The summed E-state index contributed by atoms with van der Waals surface area (Å²) >= 11 is 0. The summed E-state index contributed by atoms with van der Waals surface area (Å²) in [6, 6.07) is 1.57. The predicted octanol–water partition coefficient (Wildman–Crippen LogP) is 2.68. The largest absolute Gasteiger partial charge is 0.463 e. The van der Waals surface area contributed by atoms with E-state index in [0.717, 1.165) is 24.3 Å². The van der Waals surface area contributed by atoms with E-state index in [9.17, 15) is 18.0 Å². The highest BCUT2D eigenvalue weighted by Crippen LogP contribution is 2.14. The van der Waals surface area contributed by atoms with Crippen molar-refractivity contribution >= 4 is 12.0 Å². The molecule has 0 unspecified atom stereocenters. The molecule has 0 amide bonds. The van der Waals surface area contributed by atoms with Gasteiger partial charge in [-0.2, -0.15) is 0 Å². The van der Waals surface area contributed by atoms with Gasteiger partial charge in [0.25, 0.3) is 0 Å². The maximum absolute atomic E-state index is 12.7. The van der Waals surface area contributed by atoms with E-state index in [4.69, 9.17) is 0 Å². The first kappa shape index (κ1) is 12.3. The van der Waals surface area contributed by atoms with Crippen LogP contribution in [0.15, 0.2) is 18.2 Å². The number of esters is 1. The molecule has 1 rings (SSSR count). The lowest BCUT2D eigenvalue weighted by Crippen LogP contribution is -1.99. The van der Waals surface area contributed by atoms with Gasteiger partial charge in [-0.1, -0.05) is 0 Å². The molecular weight excluding hydrogens is 221 g/mol. The van der Waals surface area contributed by atoms with E-state index in [1.807, 2.05) is 0 Å². The van der Waals surface area contributed by atoms with Gasteiger partial charge in [0.05, 0.1) is 6.61 Å². The zero-order valence-electron chi connectivity index (χ0n) is 8.47. The van der Waals surface area contributed by atoms with Gasteiger partial charge < -0.3 is 4.74 Å². The molecule has 0 saturated heterocycles. The Kier molecular flexibility index (Phi) is 4.10. The molecule has 2 nitrogen and oxygen atoms in total. The van der Waals surface area contributed by atoms with E-state index in [0.29, 0.717) is 0 Å². The summed E-state index contributed by atoms with van der Waals surface area (Å²) in [5.41, 5.74) is 0.0458. The third kappa shape index (κ3) is 3.12. The Bertz CT molecular complexity index is 404. The molecule has 5 heteroatoms. The first-order chi connectivity index (χ1) is 7.54. The number of rotatable bonds is 3. The summed E-state index contributed by atoms with van der Waals surface area (Å²) in [6.07, 6.45) is 2.15. The number of hydrogen-bond acceptors (Lipinski definition) is 2. The molecule has 86 valence electrons. The summed E-state index contributed by atoms with van der Waals surface area (Å²) in [5, 5.41) is 0. The molecule has 0 aliphatic carbocycles. The minimum absolute atomic E-state index is 0.0458. The lowest BCUT2D eigenvalue weighted by atomic mass is 10.2. The Labute approximate surface area is 90.3 Å². The second-order valence-corrected chi connectivity index (χ2v) is 2.88. The van der Waals surface area contributed by atoms with Gasteiger partial charge in [-0.15, -0.1) is 0 Å². The summed E-state index contributed by atoms with van der Waals surface area (Å²) < 4.78 is 42.6. The number of ether oxygens (including phenoxy) is 1. The Morgan fingerprint density at radius 3 is 2.38 bits per heavy atom. The summed E-state index contributed by atoms with van der Waals surface area (Å²) in [6.45, 7) is 1.83. The molecular formula is C11H9F3O2. The van der Waals surface area contributed by atoms with Crippen LogP contribution in [0.2, 0.25) is 0 Å². The predicted molar refractivity (Wildman–Crippen MR) is 52.0 cm³/mol. The van der Waals surface area contributed by atoms with Crippen molar-refractivity contribution in [2.24, 2.45) is 0 Å². The molecule has 0 aromatic heterocycles. The molecule has 16 heavy (non-hydrogen) atoms. The zero-order valence-corrected chi connectivity index (χ0v) is 8.47. The Morgan fingerprint density at radius 2 is 1.88 bits per heavy atom. The van der Waals surface area contributed by atoms with Crippen molar-refractivity contribution in [2.45, 2.75) is 6.92 Å². The average Bonchev–Trinajstić information content (AvgIpc) is 2.23. The zero-order chi connectivity index (χ0) is 12.1. The minimum atomic E-state index is -1.53. The van der Waals surface area contributed by atoms with Crippen molar-refractivity contribution in [1.82, 2.24) is 0 Å². The highest BCUT2D eigenvalue weighted by atomic mass is 19.2. The number of carbonyl (C=O) groups is 1. The van der Waals surface area contributed by atoms with E-state index < -0.39 is 23.4 Å². The van der Waals surface area contributed by atoms with Crippen LogP contribution in [-0.4, -0.2) is 12.6 Å². The van der Waals surface area contributed by atoms with Crippen LogP contribution in [0.25, 0.3) is 6.08 Å². The lowest BCUT2D eigenvalue weighted by molar-refractivity contribution is -0.137. The molecule has 0 spiro atoms. The van der Waals surface area contributed by atoms with Crippen molar-refractivity contribution in [3.63, 3.8) is 0 Å². The maximum atomic E-state index is 12.7. The van der Waals surface area contributed by atoms with Gasteiger partial charge in [0, 0.05) is 6.08 Å². The van der Waals surface area contributed by atoms with Gasteiger partial charge in [-0.05, 0) is 30.7 Å². The van der Waals surface area contributed by atoms with Gasteiger partial charge >= 0.3 is 5.97 Å². The average molecular weight is 230 g/mol. The second-order valence-electron chi connectivity index (χ2n) is 2.88. The molecule has 0 saturated carbocycles. The summed E-state index contributed by atoms with van der Waals surface area (Å²) in [5.74, 6) is -4.77. The molecule has 0 bridgehead atoms. The van der Waals surface area contributed by atoms with E-state index in [2.05, 4.69) is 4.74 Å². The molecule has 1 aromatic carbocycles. The monoisotopic (exact) mass is 230 g/mol. The lowest BCUT2D eigenvalue weighted by Gasteiger charge is -1.98. The Balaban J connectivity index is 2.86. The number of halogens is 3. The number of hydrogen-bond donors (Lipinski definition) is 0. The molecule has 0 radical (unpaired) electrons. The van der Waals surface area contributed by atoms with Gasteiger partial charge in [0.1, 0.15) is 0 Å². The fourth-order valence-electron chi connectivity index (χ4n) is 1.03. The smallest absolute Gasteiger partial charge is 0.330 e. The molecule has 0 atom stereocenters.